The van der Waals surface area contributed by atoms with Crippen LogP contribution in [0, 0.1) is 0 Å². The Morgan fingerprint density at radius 3 is 2.07 bits per heavy atom. The molecule has 0 aliphatic heterocycles. The fourth-order valence-corrected chi connectivity index (χ4v) is 0.705. The Morgan fingerprint density at radius 1 is 1.27 bits per heavy atom. The molecular weight excluding hydrogens is 192 g/mol. The van der Waals surface area contributed by atoms with Crippen LogP contribution in [-0.4, -0.2) is 25.2 Å². The van der Waals surface area contributed by atoms with Gasteiger partial charge in [-0.25, -0.2) is 0 Å². The monoisotopic (exact) mass is 220 g/mol. The maximum absolute atomic E-state index is 10.9. The average Bonchev–Trinajstić information content (AvgIpc) is 2.31. The van der Waals surface area contributed by atoms with E-state index in [1.807, 2.05) is 27.7 Å². The van der Waals surface area contributed by atoms with E-state index >= 15 is 0 Å². The van der Waals surface area contributed by atoms with Gasteiger partial charge < -0.3 is 16.2 Å². The van der Waals surface area contributed by atoms with E-state index in [4.69, 9.17) is 16.2 Å². The summed E-state index contributed by atoms with van der Waals surface area (Å²) in [5.74, 6) is -0.332. The second-order valence-corrected chi connectivity index (χ2v) is 2.29. The molecule has 0 aromatic rings. The van der Waals surface area contributed by atoms with Gasteiger partial charge in [0.15, 0.2) is 0 Å². The highest BCUT2D eigenvalue weighted by molar-refractivity contribution is 5.75. The molecule has 0 aliphatic carbocycles. The van der Waals surface area contributed by atoms with Crippen molar-refractivity contribution in [3.63, 3.8) is 0 Å². The Morgan fingerprint density at radius 2 is 1.73 bits per heavy atom. The minimum atomic E-state index is -0.501. The van der Waals surface area contributed by atoms with Crippen LogP contribution in [0.3, 0.4) is 0 Å². The molecule has 4 N–H and O–H groups in total. The Kier molecular flexibility index (Phi) is 25.2. The first-order valence-electron chi connectivity index (χ1n) is 5.84. The smallest absolute Gasteiger partial charge is 0.322 e. The summed E-state index contributed by atoms with van der Waals surface area (Å²) in [6.45, 7) is 10.7. The van der Waals surface area contributed by atoms with E-state index in [-0.39, 0.29) is 5.97 Å². The Balaban J connectivity index is -0.000000318. The number of hydrogen-bond donors (Lipinski definition) is 2. The summed E-state index contributed by atoms with van der Waals surface area (Å²) in [5, 5.41) is 0. The quantitative estimate of drug-likeness (QED) is 0.691. The van der Waals surface area contributed by atoms with Crippen molar-refractivity contribution in [3.8, 4) is 0 Å². The van der Waals surface area contributed by atoms with Crippen molar-refractivity contribution < 1.29 is 9.53 Å². The molecule has 4 nitrogen and oxygen atoms in total. The summed E-state index contributed by atoms with van der Waals surface area (Å²) < 4.78 is 4.70. The molecule has 0 fully saturated rings. The molecule has 4 heteroatoms. The molecule has 15 heavy (non-hydrogen) atoms. The summed E-state index contributed by atoms with van der Waals surface area (Å²) in [5.41, 5.74) is 10.7. The molecule has 0 saturated carbocycles. The SMILES string of the molecule is CC.CC.CCOC(=O)C(N)CCCN. The molecule has 94 valence electrons. The molecule has 1 atom stereocenters. The second kappa shape index (κ2) is 19.0. The minimum Gasteiger partial charge on any atom is -0.465 e. The topological polar surface area (TPSA) is 78.3 Å². The van der Waals surface area contributed by atoms with Gasteiger partial charge in [0.1, 0.15) is 6.04 Å². The van der Waals surface area contributed by atoms with Crippen LogP contribution in [-0.2, 0) is 9.53 Å². The first-order chi connectivity index (χ1) is 7.22. The molecule has 0 saturated heterocycles. The number of hydrogen-bond acceptors (Lipinski definition) is 4. The van der Waals surface area contributed by atoms with E-state index in [1.165, 1.54) is 0 Å². The number of rotatable bonds is 5. The van der Waals surface area contributed by atoms with Crippen molar-refractivity contribution in [1.82, 2.24) is 0 Å². The zero-order valence-electron chi connectivity index (χ0n) is 10.9. The molecule has 0 bridgehead atoms. The fourth-order valence-electron chi connectivity index (χ4n) is 0.705. The fraction of sp³-hybridized carbons (Fsp3) is 0.909. The lowest BCUT2D eigenvalue weighted by Gasteiger charge is -2.08. The third kappa shape index (κ3) is 16.1. The van der Waals surface area contributed by atoms with Gasteiger partial charge in [0.2, 0.25) is 0 Å². The summed E-state index contributed by atoms with van der Waals surface area (Å²) in [4.78, 5) is 10.9. The molecule has 0 spiro atoms. The van der Waals surface area contributed by atoms with Gasteiger partial charge in [-0.1, -0.05) is 27.7 Å². The summed E-state index contributed by atoms with van der Waals surface area (Å²) in [6.07, 6.45) is 1.37. The first-order valence-corrected chi connectivity index (χ1v) is 5.84. The number of esters is 1. The van der Waals surface area contributed by atoms with Gasteiger partial charge in [-0.15, -0.1) is 0 Å². The van der Waals surface area contributed by atoms with Crippen molar-refractivity contribution in [3.05, 3.63) is 0 Å². The van der Waals surface area contributed by atoms with Crippen LogP contribution in [0.25, 0.3) is 0 Å². The first kappa shape index (κ1) is 19.9. The molecule has 0 aliphatic rings. The van der Waals surface area contributed by atoms with Gasteiger partial charge in [-0.05, 0) is 26.3 Å². The van der Waals surface area contributed by atoms with Gasteiger partial charge in [-0.3, -0.25) is 4.79 Å². The van der Waals surface area contributed by atoms with Crippen LogP contribution in [0.1, 0.15) is 47.5 Å². The van der Waals surface area contributed by atoms with Crippen LogP contribution < -0.4 is 11.5 Å². The van der Waals surface area contributed by atoms with Crippen LogP contribution in [0.4, 0.5) is 0 Å². The van der Waals surface area contributed by atoms with Crippen molar-refractivity contribution in [2.45, 2.75) is 53.5 Å². The highest BCUT2D eigenvalue weighted by atomic mass is 16.5. The molecule has 0 aromatic carbocycles. The number of ether oxygens (including phenoxy) is 1. The molecule has 0 amide bonds. The van der Waals surface area contributed by atoms with Gasteiger partial charge in [0.25, 0.3) is 0 Å². The predicted molar refractivity (Wildman–Crippen MR) is 65.6 cm³/mol. The van der Waals surface area contributed by atoms with Crippen LogP contribution >= 0.6 is 0 Å². The van der Waals surface area contributed by atoms with Crippen LogP contribution in [0.5, 0.6) is 0 Å². The summed E-state index contributed by atoms with van der Waals surface area (Å²) in [6, 6.07) is -0.501. The molecule has 1 unspecified atom stereocenters. The second-order valence-electron chi connectivity index (χ2n) is 2.29. The minimum absolute atomic E-state index is 0.332. The zero-order valence-corrected chi connectivity index (χ0v) is 10.9. The molecule has 0 radical (unpaired) electrons. The van der Waals surface area contributed by atoms with Gasteiger partial charge in [0, 0.05) is 0 Å². The normalized spacial score (nSPS) is 10.1. The molecule has 0 rings (SSSR count). The third-order valence-electron chi connectivity index (χ3n) is 1.31. The standard InChI is InChI=1S/C7H16N2O2.2C2H6/c1-2-11-7(10)6(9)4-3-5-8;2*1-2/h6H,2-5,8-9H2,1H3;2*1-2H3. The van der Waals surface area contributed by atoms with Crippen molar-refractivity contribution in [2.24, 2.45) is 11.5 Å². The molecule has 0 aromatic heterocycles. The lowest BCUT2D eigenvalue weighted by Crippen LogP contribution is -2.32. The maximum atomic E-state index is 10.9. The average molecular weight is 220 g/mol. The third-order valence-corrected chi connectivity index (χ3v) is 1.31. The highest BCUT2D eigenvalue weighted by Gasteiger charge is 2.12. The Hall–Kier alpha value is -0.610. The number of carbonyl (C=O) groups is 1. The van der Waals surface area contributed by atoms with E-state index < -0.39 is 6.04 Å². The number of carbonyl (C=O) groups excluding carboxylic acids is 1. The summed E-state index contributed by atoms with van der Waals surface area (Å²) >= 11 is 0. The van der Waals surface area contributed by atoms with Gasteiger partial charge >= 0.3 is 5.97 Å². The van der Waals surface area contributed by atoms with Gasteiger partial charge in [-0.2, -0.15) is 0 Å². The highest BCUT2D eigenvalue weighted by Crippen LogP contribution is 1.95. The molecule has 0 heterocycles. The largest absolute Gasteiger partial charge is 0.465 e. The van der Waals surface area contributed by atoms with E-state index in [1.54, 1.807) is 6.92 Å². The number of nitrogens with two attached hydrogens (primary N) is 2. The lowest BCUT2D eigenvalue weighted by atomic mass is 10.2. The van der Waals surface area contributed by atoms with Crippen LogP contribution in [0.15, 0.2) is 0 Å². The zero-order chi connectivity index (χ0) is 12.7. The lowest BCUT2D eigenvalue weighted by molar-refractivity contribution is -0.144. The predicted octanol–water partition coefficient (Wildman–Crippen LogP) is 1.67. The maximum Gasteiger partial charge on any atom is 0.322 e. The summed E-state index contributed by atoms with van der Waals surface area (Å²) in [7, 11) is 0. The van der Waals surface area contributed by atoms with E-state index in [2.05, 4.69) is 0 Å². The van der Waals surface area contributed by atoms with Gasteiger partial charge in [0.05, 0.1) is 6.61 Å². The van der Waals surface area contributed by atoms with E-state index in [0.29, 0.717) is 19.6 Å². The van der Waals surface area contributed by atoms with Crippen molar-refractivity contribution in [1.29, 1.82) is 0 Å². The van der Waals surface area contributed by atoms with Crippen LogP contribution in [0.2, 0.25) is 0 Å². The van der Waals surface area contributed by atoms with E-state index in [0.717, 1.165) is 6.42 Å². The van der Waals surface area contributed by atoms with Crippen molar-refractivity contribution >= 4 is 5.97 Å². The van der Waals surface area contributed by atoms with Crippen molar-refractivity contribution in [2.75, 3.05) is 13.2 Å². The molecular formula is C11H28N2O2. The van der Waals surface area contributed by atoms with E-state index in [9.17, 15) is 4.79 Å². The Labute approximate surface area is 94.4 Å². The Bertz CT molecular complexity index is 119.